The van der Waals surface area contributed by atoms with Crippen molar-refractivity contribution in [3.05, 3.63) is 29.8 Å². The average molecular weight is 796 g/mol. The van der Waals surface area contributed by atoms with Crippen molar-refractivity contribution in [1.82, 2.24) is 26.2 Å². The first-order valence-corrected chi connectivity index (χ1v) is 18.6. The van der Waals surface area contributed by atoms with Gasteiger partial charge in [0, 0.05) is 37.5 Å². The summed E-state index contributed by atoms with van der Waals surface area (Å²) in [5, 5.41) is 41.9. The summed E-state index contributed by atoms with van der Waals surface area (Å²) < 4.78 is 24.2. The number of hydrogen-bond donors (Lipinski definition) is 9. The fourth-order valence-electron chi connectivity index (χ4n) is 6.11. The summed E-state index contributed by atoms with van der Waals surface area (Å²) in [5.74, 6) is -2.62. The van der Waals surface area contributed by atoms with Crippen molar-refractivity contribution in [2.75, 3.05) is 25.0 Å². The van der Waals surface area contributed by atoms with Crippen molar-refractivity contribution in [2.45, 2.75) is 115 Å². The monoisotopic (exact) mass is 795 g/mol. The van der Waals surface area contributed by atoms with Crippen LogP contribution in [0.5, 0.6) is 0 Å². The number of imide groups is 1. The van der Waals surface area contributed by atoms with E-state index in [0.717, 1.165) is 0 Å². The standard InChI is InChI=1S/C36H54FN7O12/c1-19(2)28(42-25(46)9-5-4-6-15-44-26(47)16-20(3)33(44)51)32(50)41-23(8-7-14-39-35(38)53)31(49)40-22-12-10-21(11-13-22)18-55-36(54)43-29-30(48)27(37)24(17-45)56-34(29)52/h10-13,19-20,23-24,27-30,34,45,48,52H,4-9,14-18H2,1-3H3,(H,40,49)(H,41,50)(H,42,46)(H,43,54)(H3,38,39,53)/t20?,23?,24-,27-,28?,29-,30+,34?/m1/s1. The summed E-state index contributed by atoms with van der Waals surface area (Å²) >= 11 is 0. The molecule has 2 fully saturated rings. The second kappa shape index (κ2) is 22.0. The Bertz CT molecular complexity index is 1530. The minimum Gasteiger partial charge on any atom is -0.445 e. The van der Waals surface area contributed by atoms with Crippen molar-refractivity contribution in [1.29, 1.82) is 0 Å². The molecule has 0 spiro atoms. The number of nitrogens with one attached hydrogen (secondary N) is 5. The molecule has 0 aromatic heterocycles. The molecule has 0 radical (unpaired) electrons. The van der Waals surface area contributed by atoms with Crippen molar-refractivity contribution < 1.29 is 62.7 Å². The van der Waals surface area contributed by atoms with Crippen LogP contribution >= 0.6 is 0 Å². The van der Waals surface area contributed by atoms with E-state index >= 15 is 0 Å². The number of hydrogen-bond acceptors (Lipinski definition) is 12. The third kappa shape index (κ3) is 13.7. The van der Waals surface area contributed by atoms with Crippen molar-refractivity contribution in [2.24, 2.45) is 17.6 Å². The Morgan fingerprint density at radius 3 is 2.32 bits per heavy atom. The maximum atomic E-state index is 14.2. The molecule has 8 atom stereocenters. The van der Waals surface area contributed by atoms with E-state index in [2.05, 4.69) is 26.6 Å². The van der Waals surface area contributed by atoms with Gasteiger partial charge in [0.2, 0.25) is 29.5 Å². The molecule has 19 nitrogen and oxygen atoms in total. The van der Waals surface area contributed by atoms with Gasteiger partial charge in [-0.15, -0.1) is 0 Å². The Morgan fingerprint density at radius 2 is 1.71 bits per heavy atom. The SMILES string of the molecule is CC1CC(=O)N(CCCCCC(=O)NC(C(=O)NC(CCCNC(N)=O)C(=O)Nc2ccc(COC(=O)N[C@H]3C(O)O[C@H](CO)[C@@H](F)[C@@H]3O)cc2)C(C)C)C1=O. The van der Waals surface area contributed by atoms with E-state index in [9.17, 15) is 48.2 Å². The first-order chi connectivity index (χ1) is 26.5. The number of benzene rings is 1. The van der Waals surface area contributed by atoms with Crippen LogP contribution in [0.2, 0.25) is 0 Å². The lowest BCUT2D eigenvalue weighted by Crippen LogP contribution is -2.63. The number of ether oxygens (including phenoxy) is 2. The molecule has 1 aromatic rings. The second-order valence-corrected chi connectivity index (χ2v) is 14.2. The van der Waals surface area contributed by atoms with Crippen molar-refractivity contribution in [3.63, 3.8) is 0 Å². The lowest BCUT2D eigenvalue weighted by molar-refractivity contribution is -0.239. The third-order valence-electron chi connectivity index (χ3n) is 9.35. The molecule has 10 N–H and O–H groups in total. The summed E-state index contributed by atoms with van der Waals surface area (Å²) in [6.45, 7) is 4.54. The van der Waals surface area contributed by atoms with E-state index in [4.69, 9.17) is 20.3 Å². The fourth-order valence-corrected chi connectivity index (χ4v) is 6.11. The van der Waals surface area contributed by atoms with Gasteiger partial charge in [-0.05, 0) is 49.3 Å². The summed E-state index contributed by atoms with van der Waals surface area (Å²) in [6.07, 6.45) is -6.01. The average Bonchev–Trinajstić information content (AvgIpc) is 3.39. The summed E-state index contributed by atoms with van der Waals surface area (Å²) in [7, 11) is 0. The number of halogens is 1. The number of amides is 8. The predicted octanol–water partition coefficient (Wildman–Crippen LogP) is -0.342. The maximum absolute atomic E-state index is 14.2. The lowest BCUT2D eigenvalue weighted by atomic mass is 9.98. The number of aliphatic hydroxyl groups excluding tert-OH is 3. The van der Waals surface area contributed by atoms with E-state index in [1.165, 1.54) is 29.2 Å². The van der Waals surface area contributed by atoms with Gasteiger partial charge in [0.15, 0.2) is 12.5 Å². The van der Waals surface area contributed by atoms with Crippen molar-refractivity contribution >= 4 is 47.3 Å². The number of carbonyl (C=O) groups is 7. The van der Waals surface area contributed by atoms with Gasteiger partial charge in [0.25, 0.3) is 0 Å². The number of urea groups is 1. The first kappa shape index (κ1) is 45.5. The van der Waals surface area contributed by atoms with E-state index in [0.29, 0.717) is 37.1 Å². The highest BCUT2D eigenvalue weighted by Gasteiger charge is 2.45. The van der Waals surface area contributed by atoms with Crippen LogP contribution in [-0.4, -0.2) is 124 Å². The smallest absolute Gasteiger partial charge is 0.407 e. The lowest BCUT2D eigenvalue weighted by Gasteiger charge is -2.38. The molecule has 2 saturated heterocycles. The second-order valence-electron chi connectivity index (χ2n) is 14.2. The Hall–Kier alpha value is -4.92. The number of alkyl carbamates (subject to hydrolysis) is 1. The number of carbonyl (C=O) groups excluding carboxylic acids is 7. The van der Waals surface area contributed by atoms with Gasteiger partial charge in [-0.3, -0.25) is 28.9 Å². The Balaban J connectivity index is 1.52. The largest absolute Gasteiger partial charge is 0.445 e. The van der Waals surface area contributed by atoms with Gasteiger partial charge >= 0.3 is 12.1 Å². The van der Waals surface area contributed by atoms with Crippen LogP contribution in [0, 0.1) is 11.8 Å². The van der Waals surface area contributed by atoms with Gasteiger partial charge in [-0.25, -0.2) is 14.0 Å². The predicted molar refractivity (Wildman–Crippen MR) is 196 cm³/mol. The normalized spacial score (nSPS) is 23.2. The summed E-state index contributed by atoms with van der Waals surface area (Å²) in [6, 6.07) is 1.69. The molecular formula is C36H54FN7O12. The number of aliphatic hydroxyl groups is 3. The molecule has 2 aliphatic rings. The molecule has 20 heteroatoms. The molecule has 8 amide bonds. The van der Waals surface area contributed by atoms with Gasteiger partial charge < -0.3 is 57.1 Å². The van der Waals surface area contributed by atoms with E-state index < -0.39 is 73.3 Å². The molecule has 3 rings (SSSR count). The van der Waals surface area contributed by atoms with Crippen LogP contribution in [-0.2, 0) is 40.1 Å². The van der Waals surface area contributed by atoms with Crippen molar-refractivity contribution in [3.8, 4) is 0 Å². The molecule has 0 saturated carbocycles. The molecular weight excluding hydrogens is 741 g/mol. The Kier molecular flexibility index (Phi) is 17.8. The Morgan fingerprint density at radius 1 is 1.02 bits per heavy atom. The zero-order valence-corrected chi connectivity index (χ0v) is 31.7. The molecule has 2 heterocycles. The number of primary amides is 1. The van der Waals surface area contributed by atoms with Gasteiger partial charge in [0.05, 0.1) is 6.61 Å². The zero-order chi connectivity index (χ0) is 41.5. The van der Waals surface area contributed by atoms with Crippen LogP contribution < -0.4 is 32.3 Å². The highest BCUT2D eigenvalue weighted by molar-refractivity contribution is 6.03. The quantitative estimate of drug-likeness (QED) is 0.0605. The fraction of sp³-hybridized carbons (Fsp3) is 0.639. The van der Waals surface area contributed by atoms with Crippen LogP contribution in [0.4, 0.5) is 19.7 Å². The number of unbranched alkanes of at least 4 members (excludes halogenated alkanes) is 2. The zero-order valence-electron chi connectivity index (χ0n) is 31.7. The number of likely N-dealkylation sites (tertiary alicyclic amines) is 1. The van der Waals surface area contributed by atoms with Gasteiger partial charge in [-0.2, -0.15) is 0 Å². The molecule has 0 aliphatic carbocycles. The minimum absolute atomic E-state index is 0.0949. The highest BCUT2D eigenvalue weighted by Crippen LogP contribution is 2.23. The number of anilines is 1. The number of alkyl halides is 1. The van der Waals surface area contributed by atoms with E-state index in [-0.39, 0.29) is 68.4 Å². The van der Waals surface area contributed by atoms with Crippen LogP contribution in [0.25, 0.3) is 0 Å². The maximum Gasteiger partial charge on any atom is 0.407 e. The van der Waals surface area contributed by atoms with Gasteiger partial charge in [-0.1, -0.05) is 39.3 Å². The minimum atomic E-state index is -2.07. The first-order valence-electron chi connectivity index (χ1n) is 18.6. The molecule has 4 unspecified atom stereocenters. The van der Waals surface area contributed by atoms with Crippen LogP contribution in [0.15, 0.2) is 24.3 Å². The highest BCUT2D eigenvalue weighted by atomic mass is 19.1. The van der Waals surface area contributed by atoms with Gasteiger partial charge in [0.1, 0.15) is 36.9 Å². The summed E-state index contributed by atoms with van der Waals surface area (Å²) in [4.78, 5) is 88.4. The topological polar surface area (TPSA) is 288 Å². The number of nitrogens with two attached hydrogens (primary N) is 1. The summed E-state index contributed by atoms with van der Waals surface area (Å²) in [5.41, 5.74) is 5.92. The number of nitrogens with zero attached hydrogens (tertiary/aromatic N) is 1. The van der Waals surface area contributed by atoms with Crippen LogP contribution in [0.3, 0.4) is 0 Å². The molecule has 2 aliphatic heterocycles. The van der Waals surface area contributed by atoms with E-state index in [1.54, 1.807) is 20.8 Å². The molecule has 0 bridgehead atoms. The third-order valence-corrected chi connectivity index (χ3v) is 9.35. The Labute approximate surface area is 323 Å². The molecule has 1 aromatic carbocycles. The number of rotatable bonds is 20. The molecule has 56 heavy (non-hydrogen) atoms. The molecule has 312 valence electrons. The van der Waals surface area contributed by atoms with E-state index in [1.807, 2.05) is 0 Å². The van der Waals surface area contributed by atoms with Crippen LogP contribution in [0.1, 0.15) is 71.3 Å².